The quantitative estimate of drug-likeness (QED) is 0.317. The Bertz CT molecular complexity index is 733. The zero-order valence-electron chi connectivity index (χ0n) is 13.8. The molecule has 0 saturated heterocycles. The molecule has 0 unspecified atom stereocenters. The zero-order valence-corrected chi connectivity index (χ0v) is 13.8. The Morgan fingerprint density at radius 1 is 1.16 bits per heavy atom. The van der Waals surface area contributed by atoms with Gasteiger partial charge in [-0.1, -0.05) is 19.9 Å². The van der Waals surface area contributed by atoms with Crippen molar-refractivity contribution < 1.29 is 38.9 Å². The van der Waals surface area contributed by atoms with Gasteiger partial charge in [-0.15, -0.1) is 0 Å². The smallest absolute Gasteiger partial charge is 0.339 e. The summed E-state index contributed by atoms with van der Waals surface area (Å²) in [6.07, 6.45) is 2.16. The van der Waals surface area contributed by atoms with Crippen molar-refractivity contribution in [2.75, 3.05) is 6.61 Å². The van der Waals surface area contributed by atoms with Gasteiger partial charge >= 0.3 is 23.9 Å². The van der Waals surface area contributed by atoms with Gasteiger partial charge in [0.2, 0.25) is 0 Å². The lowest BCUT2D eigenvalue weighted by Crippen LogP contribution is -2.20. The lowest BCUT2D eigenvalue weighted by Gasteiger charge is -2.15. The van der Waals surface area contributed by atoms with Crippen LogP contribution in [-0.2, 0) is 9.53 Å². The molecule has 0 aromatic heterocycles. The first-order chi connectivity index (χ1) is 11.7. The summed E-state index contributed by atoms with van der Waals surface area (Å²) < 4.78 is 9.92. The van der Waals surface area contributed by atoms with Gasteiger partial charge in [0.1, 0.15) is 5.75 Å². The van der Waals surface area contributed by atoms with E-state index in [1.165, 1.54) is 6.92 Å². The van der Waals surface area contributed by atoms with E-state index in [1.807, 2.05) is 6.92 Å². The summed E-state index contributed by atoms with van der Waals surface area (Å²) in [5, 5.41) is 18.6. The minimum absolute atomic E-state index is 0.0147. The zero-order chi connectivity index (χ0) is 19.1. The van der Waals surface area contributed by atoms with Crippen LogP contribution >= 0.6 is 0 Å². The van der Waals surface area contributed by atoms with Gasteiger partial charge in [0, 0.05) is 11.6 Å². The van der Waals surface area contributed by atoms with Crippen LogP contribution in [0.4, 0.5) is 0 Å². The monoisotopic (exact) mass is 350 g/mol. The maximum absolute atomic E-state index is 12.3. The van der Waals surface area contributed by atoms with Crippen LogP contribution < -0.4 is 4.74 Å². The molecule has 0 aliphatic heterocycles. The average Bonchev–Trinajstić information content (AvgIpc) is 2.55. The van der Waals surface area contributed by atoms with E-state index in [0.717, 1.165) is 18.6 Å². The third kappa shape index (κ3) is 4.66. The molecule has 1 rings (SSSR count). The highest BCUT2D eigenvalue weighted by atomic mass is 16.5. The summed E-state index contributed by atoms with van der Waals surface area (Å²) in [4.78, 5) is 46.6. The molecule has 0 radical (unpaired) electrons. The number of carbonyl (C=O) groups is 4. The van der Waals surface area contributed by atoms with Gasteiger partial charge in [0.25, 0.3) is 0 Å². The summed E-state index contributed by atoms with van der Waals surface area (Å²) in [5.41, 5.74) is -1.88. The van der Waals surface area contributed by atoms with E-state index in [9.17, 15) is 29.4 Å². The van der Waals surface area contributed by atoms with Crippen molar-refractivity contribution >= 4 is 23.9 Å². The van der Waals surface area contributed by atoms with Gasteiger partial charge in [-0.2, -0.15) is 0 Å². The Balaban J connectivity index is 3.59. The Hall–Kier alpha value is -3.16. The number of rotatable bonds is 8. The van der Waals surface area contributed by atoms with Gasteiger partial charge in [-0.3, -0.25) is 0 Å². The summed E-state index contributed by atoms with van der Waals surface area (Å²) in [7, 11) is 0. The van der Waals surface area contributed by atoms with Crippen LogP contribution in [0, 0.1) is 6.92 Å². The fraction of sp³-hybridized carbons (Fsp3) is 0.294. The summed E-state index contributed by atoms with van der Waals surface area (Å²) in [6.45, 7) is 6.48. The van der Waals surface area contributed by atoms with Gasteiger partial charge in [-0.25, -0.2) is 19.2 Å². The first-order valence-corrected chi connectivity index (χ1v) is 7.40. The second-order valence-electron chi connectivity index (χ2n) is 5.02. The fourth-order valence-corrected chi connectivity index (χ4v) is 2.04. The number of esters is 2. The highest BCUT2D eigenvalue weighted by Crippen LogP contribution is 2.30. The first-order valence-electron chi connectivity index (χ1n) is 7.40. The van der Waals surface area contributed by atoms with E-state index >= 15 is 0 Å². The number of ether oxygens (including phenoxy) is 2. The third-order valence-electron chi connectivity index (χ3n) is 3.30. The van der Waals surface area contributed by atoms with Crippen molar-refractivity contribution in [2.24, 2.45) is 0 Å². The van der Waals surface area contributed by atoms with E-state index in [1.54, 1.807) is 0 Å². The van der Waals surface area contributed by atoms with Crippen molar-refractivity contribution in [3.05, 3.63) is 41.0 Å². The highest BCUT2D eigenvalue weighted by molar-refractivity contribution is 6.11. The van der Waals surface area contributed by atoms with Crippen LogP contribution in [0.2, 0.25) is 0 Å². The van der Waals surface area contributed by atoms with Crippen LogP contribution in [0.15, 0.2) is 18.7 Å². The van der Waals surface area contributed by atoms with Crippen LogP contribution in [0.3, 0.4) is 0 Å². The van der Waals surface area contributed by atoms with Crippen molar-refractivity contribution in [2.45, 2.75) is 26.7 Å². The Kier molecular flexibility index (Phi) is 6.86. The van der Waals surface area contributed by atoms with Gasteiger partial charge in [-0.05, 0) is 19.4 Å². The number of hydrogen-bond acceptors (Lipinski definition) is 6. The lowest BCUT2D eigenvalue weighted by atomic mass is 9.95. The van der Waals surface area contributed by atoms with E-state index in [4.69, 9.17) is 9.47 Å². The molecule has 8 nitrogen and oxygen atoms in total. The summed E-state index contributed by atoms with van der Waals surface area (Å²) in [5.74, 6) is -5.33. The van der Waals surface area contributed by atoms with E-state index in [2.05, 4.69) is 6.58 Å². The van der Waals surface area contributed by atoms with Crippen LogP contribution in [0.5, 0.6) is 5.75 Å². The summed E-state index contributed by atoms with van der Waals surface area (Å²) in [6, 6.07) is 0.880. The molecule has 1 aromatic rings. The number of carboxylic acid groups (broad SMARTS) is 2. The minimum Gasteiger partial charge on any atom is -0.478 e. The van der Waals surface area contributed by atoms with Crippen molar-refractivity contribution in [1.29, 1.82) is 0 Å². The van der Waals surface area contributed by atoms with Crippen molar-refractivity contribution in [3.63, 3.8) is 0 Å². The topological polar surface area (TPSA) is 127 Å². The number of carboxylic acids is 2. The first kappa shape index (κ1) is 19.9. The number of benzene rings is 1. The van der Waals surface area contributed by atoms with Crippen LogP contribution in [0.1, 0.15) is 56.4 Å². The number of carbonyl (C=O) groups excluding carboxylic acids is 2. The largest absolute Gasteiger partial charge is 0.478 e. The molecule has 134 valence electrons. The molecule has 8 heteroatoms. The maximum Gasteiger partial charge on any atom is 0.339 e. The molecule has 2 N–H and O–H groups in total. The average molecular weight is 350 g/mol. The molecule has 1 aromatic carbocycles. The Morgan fingerprint density at radius 2 is 1.80 bits per heavy atom. The predicted molar refractivity (Wildman–Crippen MR) is 86.1 cm³/mol. The standard InChI is InChI=1S/C17H18O8/c1-4-6-7-24-17(23)13-9(3)11(25-12(18)5-2)8-10(15(19)20)14(13)16(21)22/h5,8H,2,4,6-7H2,1,3H3,(H,19,20)(H,21,22). The summed E-state index contributed by atoms with van der Waals surface area (Å²) >= 11 is 0. The predicted octanol–water partition coefficient (Wildman–Crippen LogP) is 2.44. The Labute approximate surface area is 143 Å². The molecule has 0 amide bonds. The second-order valence-corrected chi connectivity index (χ2v) is 5.02. The van der Waals surface area contributed by atoms with Crippen molar-refractivity contribution in [1.82, 2.24) is 0 Å². The Morgan fingerprint density at radius 3 is 2.28 bits per heavy atom. The number of hydrogen-bond donors (Lipinski definition) is 2. The lowest BCUT2D eigenvalue weighted by molar-refractivity contribution is -0.129. The van der Waals surface area contributed by atoms with E-state index in [-0.39, 0.29) is 17.9 Å². The van der Waals surface area contributed by atoms with Crippen LogP contribution in [-0.4, -0.2) is 40.7 Å². The molecular formula is C17H18O8. The molecule has 0 bridgehead atoms. The number of unbranched alkanes of at least 4 members (excludes halogenated alkanes) is 1. The molecule has 25 heavy (non-hydrogen) atoms. The number of aromatic carboxylic acids is 2. The molecule has 0 aliphatic rings. The SMILES string of the molecule is C=CC(=O)Oc1cc(C(=O)O)c(C(=O)O)c(C(=O)OCCCC)c1C. The second kappa shape index (κ2) is 8.62. The normalized spacial score (nSPS) is 10.0. The molecule has 0 heterocycles. The fourth-order valence-electron chi connectivity index (χ4n) is 2.04. The molecule has 0 aliphatic carbocycles. The molecular weight excluding hydrogens is 332 g/mol. The van der Waals surface area contributed by atoms with E-state index < -0.39 is 40.6 Å². The van der Waals surface area contributed by atoms with Gasteiger partial charge in [0.15, 0.2) is 0 Å². The van der Waals surface area contributed by atoms with Gasteiger partial charge < -0.3 is 19.7 Å². The molecule has 0 spiro atoms. The van der Waals surface area contributed by atoms with Gasteiger partial charge in [0.05, 0.1) is 23.3 Å². The van der Waals surface area contributed by atoms with Crippen molar-refractivity contribution in [3.8, 4) is 5.75 Å². The van der Waals surface area contributed by atoms with Crippen LogP contribution in [0.25, 0.3) is 0 Å². The molecule has 0 atom stereocenters. The third-order valence-corrected chi connectivity index (χ3v) is 3.30. The highest BCUT2D eigenvalue weighted by Gasteiger charge is 2.30. The van der Waals surface area contributed by atoms with E-state index in [0.29, 0.717) is 6.42 Å². The maximum atomic E-state index is 12.3. The minimum atomic E-state index is -1.61. The molecule has 0 fully saturated rings. The molecule has 0 saturated carbocycles.